The molecule has 1 aliphatic carbocycles. The standard InChI is InChI=1S/C23H24Cl2N2O2.CO2/c24-20-13-16(12-19(21(20)25)17-6-7-17)14-26-10-8-23(9-11-26)15-27(22(28)29-23)18-4-2-1-3-5-18;2-1-3/h1-5,12-13,17H,6-11,14-15H2;. The van der Waals surface area contributed by atoms with E-state index in [9.17, 15) is 4.79 Å². The topological polar surface area (TPSA) is 66.9 Å². The van der Waals surface area contributed by atoms with E-state index in [1.54, 1.807) is 4.90 Å². The molecule has 2 aromatic carbocycles. The van der Waals surface area contributed by atoms with Gasteiger partial charge in [-0.25, -0.2) is 4.79 Å². The highest BCUT2D eigenvalue weighted by molar-refractivity contribution is 6.42. The number of para-hydroxylation sites is 1. The fourth-order valence-corrected chi connectivity index (χ4v) is 5.03. The van der Waals surface area contributed by atoms with Crippen LogP contribution in [0.15, 0.2) is 42.5 Å². The lowest BCUT2D eigenvalue weighted by molar-refractivity contribution is -0.191. The third-order valence-corrected chi connectivity index (χ3v) is 7.16. The van der Waals surface area contributed by atoms with E-state index < -0.39 is 0 Å². The predicted octanol–water partition coefficient (Wildman–Crippen LogP) is 5.28. The van der Waals surface area contributed by atoms with Crippen molar-refractivity contribution in [1.29, 1.82) is 0 Å². The highest BCUT2D eigenvalue weighted by atomic mass is 35.5. The van der Waals surface area contributed by atoms with Crippen molar-refractivity contribution in [2.45, 2.75) is 43.7 Å². The van der Waals surface area contributed by atoms with Gasteiger partial charge in [-0.3, -0.25) is 9.80 Å². The number of hydrogen-bond donors (Lipinski definition) is 0. The van der Waals surface area contributed by atoms with Crippen molar-refractivity contribution in [3.8, 4) is 0 Å². The van der Waals surface area contributed by atoms with Crippen molar-refractivity contribution in [3.05, 3.63) is 63.6 Å². The second kappa shape index (κ2) is 9.63. The average molecular weight is 475 g/mol. The lowest BCUT2D eigenvalue weighted by atomic mass is 9.91. The number of likely N-dealkylation sites (tertiary alicyclic amines) is 1. The van der Waals surface area contributed by atoms with E-state index in [-0.39, 0.29) is 17.8 Å². The highest BCUT2D eigenvalue weighted by Crippen LogP contribution is 2.45. The van der Waals surface area contributed by atoms with E-state index in [1.165, 1.54) is 24.0 Å². The maximum Gasteiger partial charge on any atom is 0.415 e. The van der Waals surface area contributed by atoms with Crippen LogP contribution in [0.25, 0.3) is 0 Å². The summed E-state index contributed by atoms with van der Waals surface area (Å²) >= 11 is 12.8. The van der Waals surface area contributed by atoms with Crippen LogP contribution in [0, 0.1) is 0 Å². The van der Waals surface area contributed by atoms with E-state index >= 15 is 0 Å². The molecule has 1 spiro atoms. The average Bonchev–Trinajstić information content (AvgIpc) is 3.58. The summed E-state index contributed by atoms with van der Waals surface area (Å²) in [4.78, 5) is 32.9. The number of carbonyl (C=O) groups excluding carboxylic acids is 3. The normalized spacial score (nSPS) is 19.8. The quantitative estimate of drug-likeness (QED) is 0.602. The van der Waals surface area contributed by atoms with Crippen LogP contribution in [0.1, 0.15) is 42.7 Å². The molecule has 0 radical (unpaired) electrons. The monoisotopic (exact) mass is 474 g/mol. The van der Waals surface area contributed by atoms with E-state index in [1.807, 2.05) is 36.4 Å². The van der Waals surface area contributed by atoms with Gasteiger partial charge >= 0.3 is 12.2 Å². The summed E-state index contributed by atoms with van der Waals surface area (Å²) in [5, 5.41) is 1.37. The summed E-state index contributed by atoms with van der Waals surface area (Å²) in [6, 6.07) is 14.0. The molecule has 2 aliphatic heterocycles. The first-order valence-corrected chi connectivity index (χ1v) is 11.5. The first kappa shape index (κ1) is 22.8. The van der Waals surface area contributed by atoms with Crippen molar-refractivity contribution in [2.75, 3.05) is 24.5 Å². The molecule has 0 bridgehead atoms. The molecule has 8 heteroatoms. The van der Waals surface area contributed by atoms with Gasteiger partial charge < -0.3 is 4.74 Å². The Balaban J connectivity index is 0.000000775. The van der Waals surface area contributed by atoms with Crippen LogP contribution in [0.2, 0.25) is 10.0 Å². The molecule has 32 heavy (non-hydrogen) atoms. The summed E-state index contributed by atoms with van der Waals surface area (Å²) in [6.07, 6.45) is 4.12. The number of hydrogen-bond acceptors (Lipinski definition) is 5. The van der Waals surface area contributed by atoms with Gasteiger partial charge in [-0.05, 0) is 48.1 Å². The number of anilines is 1. The molecule has 5 rings (SSSR count). The molecule has 0 N–H and O–H groups in total. The molecule has 0 aromatic heterocycles. The Morgan fingerprint density at radius 1 is 1.06 bits per heavy atom. The Morgan fingerprint density at radius 3 is 2.34 bits per heavy atom. The molecule has 1 amide bonds. The second-order valence-electron chi connectivity index (χ2n) is 8.59. The van der Waals surface area contributed by atoms with E-state index in [2.05, 4.69) is 11.0 Å². The van der Waals surface area contributed by atoms with Crippen LogP contribution >= 0.6 is 23.2 Å². The molecule has 2 saturated heterocycles. The number of piperidine rings is 1. The zero-order chi connectivity index (χ0) is 22.7. The Hall–Kier alpha value is -2.37. The maximum absolute atomic E-state index is 12.5. The van der Waals surface area contributed by atoms with Gasteiger partial charge in [-0.1, -0.05) is 47.5 Å². The molecule has 168 valence electrons. The lowest BCUT2D eigenvalue weighted by Gasteiger charge is -2.37. The smallest absolute Gasteiger partial charge is 0.415 e. The molecule has 1 saturated carbocycles. The van der Waals surface area contributed by atoms with Crippen LogP contribution in [0.3, 0.4) is 0 Å². The van der Waals surface area contributed by atoms with Crippen LogP contribution in [0.5, 0.6) is 0 Å². The Morgan fingerprint density at radius 2 is 1.72 bits per heavy atom. The molecule has 0 atom stereocenters. The number of benzene rings is 2. The molecule has 3 aliphatic rings. The van der Waals surface area contributed by atoms with Crippen molar-refractivity contribution in [2.24, 2.45) is 0 Å². The van der Waals surface area contributed by atoms with Gasteiger partial charge in [0.15, 0.2) is 0 Å². The number of ether oxygens (including phenoxy) is 1. The predicted molar refractivity (Wildman–Crippen MR) is 121 cm³/mol. The van der Waals surface area contributed by atoms with Crippen LogP contribution in [-0.2, 0) is 20.9 Å². The van der Waals surface area contributed by atoms with E-state index in [0.717, 1.165) is 43.2 Å². The van der Waals surface area contributed by atoms with Gasteiger partial charge in [0.05, 0.1) is 16.6 Å². The minimum atomic E-state index is -0.375. The number of nitrogens with zero attached hydrogens (tertiary/aromatic N) is 2. The zero-order valence-corrected chi connectivity index (χ0v) is 19.1. The van der Waals surface area contributed by atoms with Crippen molar-refractivity contribution in [3.63, 3.8) is 0 Å². The first-order valence-electron chi connectivity index (χ1n) is 10.7. The van der Waals surface area contributed by atoms with Crippen molar-refractivity contribution < 1.29 is 19.1 Å². The van der Waals surface area contributed by atoms with Gasteiger partial charge in [0.1, 0.15) is 5.60 Å². The molecule has 3 fully saturated rings. The minimum Gasteiger partial charge on any atom is -0.441 e. The molecule has 6 nitrogen and oxygen atoms in total. The van der Waals surface area contributed by atoms with Gasteiger partial charge in [0.25, 0.3) is 0 Å². The minimum absolute atomic E-state index is 0.233. The van der Waals surface area contributed by atoms with Gasteiger partial charge in [0.2, 0.25) is 0 Å². The number of carbonyl (C=O) groups is 1. The molecule has 2 heterocycles. The number of amides is 1. The van der Waals surface area contributed by atoms with Gasteiger partial charge in [0, 0.05) is 38.2 Å². The lowest BCUT2D eigenvalue weighted by Crippen LogP contribution is -2.46. The van der Waals surface area contributed by atoms with E-state index in [0.29, 0.717) is 17.5 Å². The SMILES string of the molecule is O=C1OC2(CCN(Cc3cc(Cl)c(Cl)c(C4CC4)c3)CC2)CN1c1ccccc1.O=C=O. The molecule has 0 unspecified atom stereocenters. The third-order valence-electron chi connectivity index (χ3n) is 6.35. The molecule has 2 aromatic rings. The molecular formula is C24H24Cl2N2O4. The summed E-state index contributed by atoms with van der Waals surface area (Å²) in [5.74, 6) is 0.575. The second-order valence-corrected chi connectivity index (χ2v) is 9.37. The summed E-state index contributed by atoms with van der Waals surface area (Å²) in [5.41, 5.74) is 2.94. The first-order chi connectivity index (χ1) is 15.4. The number of halogens is 2. The Kier molecular flexibility index (Phi) is 6.87. The maximum atomic E-state index is 12.5. The fourth-order valence-electron chi connectivity index (χ4n) is 4.52. The van der Waals surface area contributed by atoms with Crippen LogP contribution < -0.4 is 4.90 Å². The summed E-state index contributed by atoms with van der Waals surface area (Å²) in [6.45, 7) is 3.27. The Labute approximate surface area is 197 Å². The number of rotatable bonds is 4. The molecular weight excluding hydrogens is 451 g/mol. The van der Waals surface area contributed by atoms with Crippen LogP contribution in [-0.4, -0.2) is 42.4 Å². The summed E-state index contributed by atoms with van der Waals surface area (Å²) in [7, 11) is 0. The zero-order valence-electron chi connectivity index (χ0n) is 17.6. The third kappa shape index (κ3) is 5.00. The fraction of sp³-hybridized carbons (Fsp3) is 0.417. The van der Waals surface area contributed by atoms with Crippen molar-refractivity contribution in [1.82, 2.24) is 4.90 Å². The summed E-state index contributed by atoms with van der Waals surface area (Å²) < 4.78 is 5.87. The Bertz CT molecular complexity index is 1010. The van der Waals surface area contributed by atoms with Gasteiger partial charge in [-0.15, -0.1) is 0 Å². The van der Waals surface area contributed by atoms with Gasteiger partial charge in [-0.2, -0.15) is 9.59 Å². The van der Waals surface area contributed by atoms with Crippen LogP contribution in [0.4, 0.5) is 10.5 Å². The van der Waals surface area contributed by atoms with E-state index in [4.69, 9.17) is 37.5 Å². The highest BCUT2D eigenvalue weighted by Gasteiger charge is 2.47. The van der Waals surface area contributed by atoms with Crippen molar-refractivity contribution >= 4 is 41.1 Å². The largest absolute Gasteiger partial charge is 0.441 e.